The zero-order valence-electron chi connectivity index (χ0n) is 40.7. The number of anilines is 2. The van der Waals surface area contributed by atoms with E-state index in [4.69, 9.17) is 0 Å². The number of aryl methyl sites for hydroxylation is 3. The van der Waals surface area contributed by atoms with Crippen LogP contribution in [0.1, 0.15) is 92.6 Å². The van der Waals surface area contributed by atoms with Crippen molar-refractivity contribution in [3.8, 4) is 0 Å². The zero-order chi connectivity index (χ0) is 52.4. The van der Waals surface area contributed by atoms with E-state index in [2.05, 4.69) is 58.5 Å². The minimum Gasteiger partial charge on any atom is -0.382 e. The highest BCUT2D eigenvalue weighted by Crippen LogP contribution is 2.32. The number of para-hydroxylation sites is 1. The zero-order valence-corrected chi connectivity index (χ0v) is 44.0. The van der Waals surface area contributed by atoms with E-state index in [0.29, 0.717) is 35.9 Å². The second kappa shape index (κ2) is 24.2. The number of nitro groups is 2. The van der Waals surface area contributed by atoms with Gasteiger partial charge in [-0.15, -0.1) is 22.7 Å². The molecule has 9 rings (SSSR count). The summed E-state index contributed by atoms with van der Waals surface area (Å²) >= 11 is 2.25. The van der Waals surface area contributed by atoms with Crippen molar-refractivity contribution in [1.82, 2.24) is 19.2 Å². The third-order valence-corrected chi connectivity index (χ3v) is 20.1. The number of sulfonamides is 2. The van der Waals surface area contributed by atoms with Crippen molar-refractivity contribution >= 4 is 77.3 Å². The lowest BCUT2D eigenvalue weighted by Crippen LogP contribution is -2.42. The Morgan fingerprint density at radius 2 is 1.11 bits per heavy atom. The van der Waals surface area contributed by atoms with Crippen LogP contribution in [0.15, 0.2) is 124 Å². The van der Waals surface area contributed by atoms with Gasteiger partial charge in [0.25, 0.3) is 43.2 Å². The van der Waals surface area contributed by atoms with Gasteiger partial charge in [-0.2, -0.15) is 8.61 Å². The molecule has 4 N–H and O–H groups in total. The number of thiophene rings is 2. The maximum atomic E-state index is 13.2. The average Bonchev–Trinajstić information content (AvgIpc) is 4.21. The molecule has 2 fully saturated rings. The first kappa shape index (κ1) is 53.7. The molecule has 74 heavy (non-hydrogen) atoms. The van der Waals surface area contributed by atoms with E-state index >= 15 is 0 Å². The van der Waals surface area contributed by atoms with Gasteiger partial charge in [0.2, 0.25) is 0 Å². The van der Waals surface area contributed by atoms with Crippen LogP contribution in [0.25, 0.3) is 0 Å². The van der Waals surface area contributed by atoms with Gasteiger partial charge in [0.1, 0.15) is 8.42 Å². The monoisotopic (exact) mass is 1080 g/mol. The number of hydrogen-bond acceptors (Lipinski definition) is 14. The summed E-state index contributed by atoms with van der Waals surface area (Å²) in [7, 11) is -7.24. The second-order valence-electron chi connectivity index (χ2n) is 18.3. The largest absolute Gasteiger partial charge is 0.382 e. The molecule has 2 aliphatic heterocycles. The van der Waals surface area contributed by atoms with Crippen molar-refractivity contribution in [3.63, 3.8) is 0 Å². The molecule has 6 aromatic rings. The number of carbonyl (C=O) groups excluding carboxylic acids is 2. The van der Waals surface area contributed by atoms with Crippen LogP contribution in [0, 0.1) is 20.2 Å². The van der Waals surface area contributed by atoms with Crippen molar-refractivity contribution in [1.29, 1.82) is 0 Å². The van der Waals surface area contributed by atoms with Gasteiger partial charge in [0, 0.05) is 94.8 Å². The molecule has 390 valence electrons. The van der Waals surface area contributed by atoms with Gasteiger partial charge >= 0.3 is 0 Å². The molecule has 0 atom stereocenters. The minimum atomic E-state index is -3.62. The third-order valence-electron chi connectivity index (χ3n) is 13.2. The number of non-ortho nitro benzene ring substituents is 2. The Bertz CT molecular complexity index is 3220. The Morgan fingerprint density at radius 3 is 1.62 bits per heavy atom. The number of carbonyl (C=O) groups is 2. The van der Waals surface area contributed by atoms with Gasteiger partial charge in [0.05, 0.1) is 22.9 Å². The number of nitro benzene ring substituents is 2. The van der Waals surface area contributed by atoms with Crippen molar-refractivity contribution in [2.24, 2.45) is 0 Å². The van der Waals surface area contributed by atoms with Crippen LogP contribution in [-0.4, -0.2) is 85.4 Å². The fourth-order valence-electron chi connectivity index (χ4n) is 9.25. The van der Waals surface area contributed by atoms with Gasteiger partial charge in [-0.25, -0.2) is 16.8 Å². The summed E-state index contributed by atoms with van der Waals surface area (Å²) in [5, 5.41) is 34.4. The number of benzene rings is 4. The van der Waals surface area contributed by atoms with Crippen molar-refractivity contribution in [2.75, 3.05) is 36.8 Å². The topological polar surface area (TPSA) is 243 Å². The molecule has 0 spiro atoms. The summed E-state index contributed by atoms with van der Waals surface area (Å²) in [5.74, 6) is -0.920. The molecule has 0 unspecified atom stereocenters. The first-order valence-corrected chi connectivity index (χ1v) is 29.0. The summed E-state index contributed by atoms with van der Waals surface area (Å²) in [6.45, 7) is 4.18. The standard InChI is InChI=1S/C26H28N4O5S2.C26H30N4O5S2/c31-26(20-5-2-6-23(16-20)30(32)33)27-17-24-9-10-25(36-24)37(34,35)29-13-11-21(12-14-29)28-22-8-7-18-3-1-4-19(18)15-22;1-2-6-19-7-3-4-10-24(19)28-21-13-15-29(16-14-21)37(34,35)25-12-11-23(36-25)18-27-26(31)20-8-5-9-22(17-20)30(32)33/h2,5-10,15-16,21,28H,1,3-4,11-14,17H2,(H,27,31);3-5,7-12,17,21,28H,2,6,13-16,18H2,1H3,(H,27,31). The molecule has 0 bridgehead atoms. The van der Waals surface area contributed by atoms with E-state index in [1.165, 1.54) is 80.3 Å². The number of rotatable bonds is 18. The van der Waals surface area contributed by atoms with E-state index in [-0.39, 0.29) is 56.1 Å². The van der Waals surface area contributed by atoms with Crippen LogP contribution in [0.5, 0.6) is 0 Å². The molecule has 1 aliphatic carbocycles. The lowest BCUT2D eigenvalue weighted by atomic mass is 10.0. The Hall–Kier alpha value is -6.56. The number of hydrogen-bond donors (Lipinski definition) is 4. The van der Waals surface area contributed by atoms with E-state index in [9.17, 15) is 46.7 Å². The number of nitrogens with one attached hydrogen (secondary N) is 4. The fourth-order valence-corrected chi connectivity index (χ4v) is 15.1. The molecule has 0 radical (unpaired) electrons. The summed E-state index contributed by atoms with van der Waals surface area (Å²) < 4.78 is 56.5. The van der Waals surface area contributed by atoms with Crippen LogP contribution in [0.2, 0.25) is 0 Å². The fraction of sp³-hybridized carbons (Fsp3) is 0.346. The number of fused-ring (bicyclic) bond motifs is 1. The molecule has 2 amide bonds. The first-order valence-electron chi connectivity index (χ1n) is 24.5. The maximum Gasteiger partial charge on any atom is 0.270 e. The Labute approximate surface area is 438 Å². The molecule has 22 heteroatoms. The van der Waals surface area contributed by atoms with Crippen molar-refractivity contribution < 1.29 is 36.3 Å². The molecule has 0 saturated carbocycles. The van der Waals surface area contributed by atoms with Gasteiger partial charge in [0.15, 0.2) is 0 Å². The van der Waals surface area contributed by atoms with Crippen LogP contribution < -0.4 is 21.3 Å². The number of piperidine rings is 2. The van der Waals surface area contributed by atoms with Gasteiger partial charge < -0.3 is 21.3 Å². The average molecular weight is 1080 g/mol. The van der Waals surface area contributed by atoms with Gasteiger partial charge in [-0.3, -0.25) is 29.8 Å². The maximum absolute atomic E-state index is 13.2. The molecule has 2 saturated heterocycles. The molecular weight excluding hydrogens is 1020 g/mol. The summed E-state index contributed by atoms with van der Waals surface area (Å²) in [4.78, 5) is 46.9. The molecule has 3 aliphatic rings. The molecular formula is C52H58N8O10S4. The van der Waals surface area contributed by atoms with E-state index in [0.717, 1.165) is 85.4 Å². The second-order valence-corrected chi connectivity index (χ2v) is 25.0. The summed E-state index contributed by atoms with van der Waals surface area (Å²) in [5.41, 5.74) is 6.39. The van der Waals surface area contributed by atoms with Crippen LogP contribution >= 0.6 is 22.7 Å². The van der Waals surface area contributed by atoms with E-state index < -0.39 is 41.7 Å². The highest BCUT2D eigenvalue weighted by Gasteiger charge is 2.32. The van der Waals surface area contributed by atoms with Gasteiger partial charge in [-0.05, 0) is 123 Å². The molecule has 4 aromatic carbocycles. The number of nitrogens with zero attached hydrogens (tertiary/aromatic N) is 4. The summed E-state index contributed by atoms with van der Waals surface area (Å²) in [6, 6.07) is 32.7. The lowest BCUT2D eigenvalue weighted by molar-refractivity contribution is -0.385. The third kappa shape index (κ3) is 13.4. The van der Waals surface area contributed by atoms with Crippen LogP contribution in [0.3, 0.4) is 0 Å². The quantitative estimate of drug-likeness (QED) is 0.0465. The lowest BCUT2D eigenvalue weighted by Gasteiger charge is -2.32. The van der Waals surface area contributed by atoms with Crippen molar-refractivity contribution in [2.45, 2.75) is 98.3 Å². The summed E-state index contributed by atoms with van der Waals surface area (Å²) in [6.07, 6.45) is 8.46. The molecule has 18 nitrogen and oxygen atoms in total. The first-order chi connectivity index (χ1) is 35.6. The predicted molar refractivity (Wildman–Crippen MR) is 287 cm³/mol. The normalized spacial score (nSPS) is 15.6. The molecule has 4 heterocycles. The van der Waals surface area contributed by atoms with Gasteiger partial charge in [-0.1, -0.05) is 49.7 Å². The van der Waals surface area contributed by atoms with E-state index in [1.54, 1.807) is 24.3 Å². The smallest absolute Gasteiger partial charge is 0.270 e. The van der Waals surface area contributed by atoms with E-state index in [1.807, 2.05) is 12.1 Å². The van der Waals surface area contributed by atoms with Crippen LogP contribution in [0.4, 0.5) is 22.7 Å². The molecule has 2 aromatic heterocycles. The van der Waals surface area contributed by atoms with Crippen LogP contribution in [-0.2, 0) is 52.4 Å². The highest BCUT2D eigenvalue weighted by molar-refractivity contribution is 7.91. The Kier molecular flexibility index (Phi) is 17.6. The Balaban J connectivity index is 0.000000197. The minimum absolute atomic E-state index is 0.130. The Morgan fingerprint density at radius 1 is 0.608 bits per heavy atom. The number of amides is 2. The highest BCUT2D eigenvalue weighted by atomic mass is 32.3. The SMILES string of the molecule is CCCc1ccccc1NC1CCN(S(=O)(=O)c2ccc(CNC(=O)c3cccc([N+](=O)[O-])c3)s2)CC1.O=C(NCc1ccc(S(=O)(=O)N2CCC(Nc3ccc4c(c3)CCC4)CC2)s1)c1cccc([N+](=O)[O-])c1. The predicted octanol–water partition coefficient (Wildman–Crippen LogP) is 9.14. The van der Waals surface area contributed by atoms with Crippen molar-refractivity contribution in [3.05, 3.63) is 173 Å².